The van der Waals surface area contributed by atoms with Crippen molar-refractivity contribution in [1.29, 1.82) is 5.26 Å². The number of carbonyl (C=O) groups excluding carboxylic acids is 1. The number of thioether (sulfide) groups is 1. The minimum atomic E-state index is -0.0372. The molecule has 1 saturated heterocycles. The summed E-state index contributed by atoms with van der Waals surface area (Å²) in [6.45, 7) is 6.44. The SMILES string of the molecule is CC[C@@H](C)N1C(=O)/C(=C\c2ccc(OCc3ccccc3C#N)c(Br)c2)SC1=Nc1ccc(C)cc1. The van der Waals surface area contributed by atoms with Crippen LogP contribution in [0.2, 0.25) is 0 Å². The number of amidine groups is 1. The molecule has 0 aromatic heterocycles. The number of amides is 1. The summed E-state index contributed by atoms with van der Waals surface area (Å²) < 4.78 is 6.72. The van der Waals surface area contributed by atoms with Gasteiger partial charge in [-0.15, -0.1) is 0 Å². The molecule has 0 aliphatic carbocycles. The molecule has 4 rings (SSSR count). The first-order valence-electron chi connectivity index (χ1n) is 11.7. The average molecular weight is 561 g/mol. The summed E-state index contributed by atoms with van der Waals surface area (Å²) in [5.41, 5.74) is 4.30. The maximum Gasteiger partial charge on any atom is 0.266 e. The van der Waals surface area contributed by atoms with Gasteiger partial charge < -0.3 is 4.74 Å². The van der Waals surface area contributed by atoms with E-state index in [1.807, 2.05) is 80.6 Å². The first-order chi connectivity index (χ1) is 17.4. The van der Waals surface area contributed by atoms with E-state index in [0.717, 1.165) is 27.7 Å². The van der Waals surface area contributed by atoms with Gasteiger partial charge in [0.15, 0.2) is 5.17 Å². The van der Waals surface area contributed by atoms with Crippen LogP contribution in [0.25, 0.3) is 6.08 Å². The molecule has 1 heterocycles. The van der Waals surface area contributed by atoms with Gasteiger partial charge >= 0.3 is 0 Å². The maximum atomic E-state index is 13.3. The highest BCUT2D eigenvalue weighted by Gasteiger charge is 2.36. The minimum Gasteiger partial charge on any atom is -0.488 e. The fourth-order valence-corrected chi connectivity index (χ4v) is 5.25. The van der Waals surface area contributed by atoms with Crippen molar-refractivity contribution in [2.75, 3.05) is 0 Å². The molecule has 0 radical (unpaired) electrons. The number of nitriles is 1. The highest BCUT2D eigenvalue weighted by Crippen LogP contribution is 2.37. The van der Waals surface area contributed by atoms with Crippen LogP contribution in [0, 0.1) is 18.3 Å². The van der Waals surface area contributed by atoms with Crippen molar-refractivity contribution < 1.29 is 9.53 Å². The number of aryl methyl sites for hydroxylation is 1. The highest BCUT2D eigenvalue weighted by atomic mass is 79.9. The highest BCUT2D eigenvalue weighted by molar-refractivity contribution is 9.10. The third kappa shape index (κ3) is 5.89. The first kappa shape index (κ1) is 25.7. The molecule has 1 aliphatic rings. The number of carbonyl (C=O) groups is 1. The zero-order valence-corrected chi connectivity index (χ0v) is 22.8. The van der Waals surface area contributed by atoms with Crippen LogP contribution in [-0.2, 0) is 11.4 Å². The Morgan fingerprint density at radius 1 is 1.17 bits per heavy atom. The Morgan fingerprint density at radius 2 is 1.92 bits per heavy atom. The van der Waals surface area contributed by atoms with Crippen LogP contribution in [0.4, 0.5) is 5.69 Å². The quantitative estimate of drug-likeness (QED) is 0.279. The van der Waals surface area contributed by atoms with Crippen molar-refractivity contribution in [1.82, 2.24) is 4.90 Å². The van der Waals surface area contributed by atoms with Gasteiger partial charge in [0, 0.05) is 11.6 Å². The van der Waals surface area contributed by atoms with Crippen LogP contribution in [0.15, 0.2) is 81.1 Å². The van der Waals surface area contributed by atoms with Gasteiger partial charge in [0.25, 0.3) is 5.91 Å². The lowest BCUT2D eigenvalue weighted by molar-refractivity contribution is -0.123. The van der Waals surface area contributed by atoms with Gasteiger partial charge in [0.1, 0.15) is 12.4 Å². The number of halogens is 1. The Bertz CT molecular complexity index is 1380. The number of aliphatic imine (C=N–C) groups is 1. The molecule has 1 fully saturated rings. The van der Waals surface area contributed by atoms with Gasteiger partial charge in [0.2, 0.25) is 0 Å². The van der Waals surface area contributed by atoms with Gasteiger partial charge in [-0.3, -0.25) is 9.69 Å². The van der Waals surface area contributed by atoms with Crippen LogP contribution >= 0.6 is 27.7 Å². The van der Waals surface area contributed by atoms with E-state index < -0.39 is 0 Å². The lowest BCUT2D eigenvalue weighted by Gasteiger charge is -2.22. The summed E-state index contributed by atoms with van der Waals surface area (Å²) in [6.07, 6.45) is 2.72. The largest absolute Gasteiger partial charge is 0.488 e. The van der Waals surface area contributed by atoms with Crippen molar-refractivity contribution in [3.8, 4) is 11.8 Å². The average Bonchev–Trinajstić information content (AvgIpc) is 3.18. The molecule has 1 aliphatic heterocycles. The second-order valence-corrected chi connectivity index (χ2v) is 10.4. The second kappa shape index (κ2) is 11.6. The second-order valence-electron chi connectivity index (χ2n) is 8.52. The molecule has 0 saturated carbocycles. The minimum absolute atomic E-state index is 0.0372. The normalized spacial score (nSPS) is 16.4. The molecule has 0 N–H and O–H groups in total. The molecule has 1 atom stereocenters. The van der Waals surface area contributed by atoms with E-state index in [9.17, 15) is 10.1 Å². The van der Waals surface area contributed by atoms with Crippen LogP contribution in [0.1, 0.15) is 42.5 Å². The third-order valence-corrected chi connectivity index (χ3v) is 7.50. The van der Waals surface area contributed by atoms with E-state index in [1.54, 1.807) is 11.0 Å². The Labute approximate surface area is 224 Å². The van der Waals surface area contributed by atoms with E-state index in [-0.39, 0.29) is 11.9 Å². The first-order valence-corrected chi connectivity index (χ1v) is 13.3. The fourth-order valence-electron chi connectivity index (χ4n) is 3.65. The Balaban J connectivity index is 1.56. The van der Waals surface area contributed by atoms with Crippen molar-refractivity contribution in [3.05, 3.63) is 98.4 Å². The molecule has 36 heavy (non-hydrogen) atoms. The molecule has 0 spiro atoms. The number of benzene rings is 3. The number of rotatable bonds is 7. The predicted octanol–water partition coefficient (Wildman–Crippen LogP) is 7.61. The molecule has 7 heteroatoms. The van der Waals surface area contributed by atoms with Gasteiger partial charge in [-0.2, -0.15) is 5.26 Å². The molecule has 3 aromatic carbocycles. The van der Waals surface area contributed by atoms with Gasteiger partial charge in [-0.25, -0.2) is 4.99 Å². The van der Waals surface area contributed by atoms with Crippen LogP contribution in [0.3, 0.4) is 0 Å². The van der Waals surface area contributed by atoms with Crippen molar-refractivity contribution in [3.63, 3.8) is 0 Å². The van der Waals surface area contributed by atoms with E-state index >= 15 is 0 Å². The zero-order chi connectivity index (χ0) is 25.7. The van der Waals surface area contributed by atoms with Gasteiger partial charge in [-0.1, -0.05) is 48.9 Å². The summed E-state index contributed by atoms with van der Waals surface area (Å²) in [5.74, 6) is 0.628. The monoisotopic (exact) mass is 559 g/mol. The Kier molecular flexibility index (Phi) is 8.29. The van der Waals surface area contributed by atoms with Crippen molar-refractivity contribution in [2.24, 2.45) is 4.99 Å². The predicted molar refractivity (Wildman–Crippen MR) is 150 cm³/mol. The lowest BCUT2D eigenvalue weighted by Crippen LogP contribution is -2.36. The standard InChI is InChI=1S/C29H26BrN3O2S/c1-4-20(3)33-28(34)27(36-29(33)32-24-12-9-19(2)10-13-24)16-21-11-14-26(25(30)15-21)35-18-23-8-6-5-7-22(23)17-31/h5-16,20H,4,18H2,1-3H3/b27-16+,32-29?/t20-/m1/s1. The topological polar surface area (TPSA) is 65.7 Å². The number of nitrogens with zero attached hydrogens (tertiary/aromatic N) is 3. The summed E-state index contributed by atoms with van der Waals surface area (Å²) in [7, 11) is 0. The van der Waals surface area contributed by atoms with E-state index in [2.05, 4.69) is 28.9 Å². The molecule has 0 bridgehead atoms. The van der Waals surface area contributed by atoms with Crippen molar-refractivity contribution in [2.45, 2.75) is 39.8 Å². The Hall–Kier alpha value is -3.34. The molecule has 1 amide bonds. The third-order valence-electron chi connectivity index (χ3n) is 5.90. The number of hydrogen-bond acceptors (Lipinski definition) is 5. The smallest absolute Gasteiger partial charge is 0.266 e. The molecular weight excluding hydrogens is 534 g/mol. The fraction of sp³-hybridized carbons (Fsp3) is 0.207. The van der Waals surface area contributed by atoms with Crippen LogP contribution in [-0.4, -0.2) is 22.0 Å². The summed E-state index contributed by atoms with van der Waals surface area (Å²) >= 11 is 4.98. The van der Waals surface area contributed by atoms with Crippen molar-refractivity contribution >= 4 is 50.5 Å². The lowest BCUT2D eigenvalue weighted by atomic mass is 10.1. The van der Waals surface area contributed by atoms with Gasteiger partial charge in [0.05, 0.1) is 26.7 Å². The van der Waals surface area contributed by atoms with E-state index in [4.69, 9.17) is 9.73 Å². The maximum absolute atomic E-state index is 13.3. The number of hydrogen-bond donors (Lipinski definition) is 0. The van der Waals surface area contributed by atoms with E-state index in [0.29, 0.717) is 28.0 Å². The molecular formula is C29H26BrN3O2S. The summed E-state index contributed by atoms with van der Waals surface area (Å²) in [4.78, 5) is 20.5. The molecule has 5 nitrogen and oxygen atoms in total. The van der Waals surface area contributed by atoms with Gasteiger partial charge in [-0.05, 0) is 89.9 Å². The molecule has 0 unspecified atom stereocenters. The van der Waals surface area contributed by atoms with Crippen LogP contribution < -0.4 is 4.74 Å². The van der Waals surface area contributed by atoms with E-state index in [1.165, 1.54) is 17.3 Å². The summed E-state index contributed by atoms with van der Waals surface area (Å²) in [6, 6.07) is 23.3. The summed E-state index contributed by atoms with van der Waals surface area (Å²) in [5, 5.41) is 9.98. The zero-order valence-electron chi connectivity index (χ0n) is 20.4. The molecule has 3 aromatic rings. The Morgan fingerprint density at radius 3 is 2.61 bits per heavy atom. The molecule has 182 valence electrons. The van der Waals surface area contributed by atoms with Crippen LogP contribution in [0.5, 0.6) is 5.75 Å². The number of ether oxygens (including phenoxy) is 1.